The lowest BCUT2D eigenvalue weighted by Gasteiger charge is -2.61. The molecular formula is C22H33FO. The average molecular weight is 333 g/mol. The van der Waals surface area contributed by atoms with Crippen molar-refractivity contribution in [2.75, 3.05) is 0 Å². The number of aliphatic hydroxyl groups is 1. The van der Waals surface area contributed by atoms with E-state index in [1.54, 1.807) is 0 Å². The van der Waals surface area contributed by atoms with Crippen LogP contribution in [0.2, 0.25) is 0 Å². The van der Waals surface area contributed by atoms with E-state index in [0.29, 0.717) is 23.2 Å². The van der Waals surface area contributed by atoms with Gasteiger partial charge in [0.25, 0.3) is 0 Å². The van der Waals surface area contributed by atoms with Crippen LogP contribution in [0.25, 0.3) is 0 Å². The fraction of sp³-hybridized carbons (Fsp3) is 0.909. The molecule has 0 aliphatic heterocycles. The van der Waals surface area contributed by atoms with Crippen molar-refractivity contribution in [3.05, 3.63) is 0 Å². The fourth-order valence-corrected chi connectivity index (χ4v) is 7.63. The highest BCUT2D eigenvalue weighted by Crippen LogP contribution is 2.68. The van der Waals surface area contributed by atoms with E-state index in [4.69, 9.17) is 0 Å². The van der Waals surface area contributed by atoms with Crippen LogP contribution in [0.1, 0.15) is 78.6 Å². The van der Waals surface area contributed by atoms with Crippen LogP contribution in [0.4, 0.5) is 4.39 Å². The van der Waals surface area contributed by atoms with Crippen molar-refractivity contribution in [1.29, 1.82) is 0 Å². The lowest BCUT2D eigenvalue weighted by atomic mass is 9.44. The van der Waals surface area contributed by atoms with Gasteiger partial charge in [0, 0.05) is 5.41 Å². The quantitative estimate of drug-likeness (QED) is 0.610. The van der Waals surface area contributed by atoms with Crippen LogP contribution in [0.3, 0.4) is 0 Å². The van der Waals surface area contributed by atoms with Crippen LogP contribution in [-0.4, -0.2) is 16.9 Å². The molecule has 0 aromatic carbocycles. The maximum atomic E-state index is 14.0. The summed E-state index contributed by atoms with van der Waals surface area (Å²) in [5.41, 5.74) is -0.493. The van der Waals surface area contributed by atoms with Gasteiger partial charge < -0.3 is 5.11 Å². The van der Waals surface area contributed by atoms with Gasteiger partial charge in [-0.1, -0.05) is 19.8 Å². The van der Waals surface area contributed by atoms with Gasteiger partial charge in [-0.25, -0.2) is 4.39 Å². The summed E-state index contributed by atoms with van der Waals surface area (Å²) in [5, 5.41) is 11.2. The highest BCUT2D eigenvalue weighted by Gasteiger charge is 2.64. The zero-order chi connectivity index (χ0) is 17.2. The molecule has 24 heavy (non-hydrogen) atoms. The van der Waals surface area contributed by atoms with Gasteiger partial charge in [-0.15, -0.1) is 5.92 Å². The van der Waals surface area contributed by atoms with E-state index in [2.05, 4.69) is 25.7 Å². The molecule has 8 atom stereocenters. The minimum Gasteiger partial charge on any atom is -0.377 e. The molecule has 4 aliphatic rings. The highest BCUT2D eigenvalue weighted by molar-refractivity contribution is 5.25. The van der Waals surface area contributed by atoms with E-state index in [1.807, 2.05) is 6.92 Å². The molecule has 0 aromatic rings. The maximum absolute atomic E-state index is 14.0. The Morgan fingerprint density at radius 3 is 2.46 bits per heavy atom. The molecule has 1 N–H and O–H groups in total. The maximum Gasteiger partial charge on any atom is 0.131 e. The first kappa shape index (κ1) is 16.9. The van der Waals surface area contributed by atoms with Gasteiger partial charge in [-0.3, -0.25) is 0 Å². The topological polar surface area (TPSA) is 20.2 Å². The first-order valence-electron chi connectivity index (χ1n) is 10.1. The van der Waals surface area contributed by atoms with Crippen LogP contribution >= 0.6 is 0 Å². The van der Waals surface area contributed by atoms with E-state index in [1.165, 1.54) is 19.3 Å². The average Bonchev–Trinajstić information content (AvgIpc) is 2.80. The molecule has 2 heteroatoms. The van der Waals surface area contributed by atoms with Crippen molar-refractivity contribution in [2.24, 2.45) is 34.5 Å². The standard InChI is InChI=1S/C22H33FO/c1-4-10-22(24)13-9-19-17-6-5-15-14-16(23)7-11-20(15,2)18(17)8-12-21(19,22)3/h15-19,24H,5-9,11-14H2,1-3H3/t15-,16?,17+,18-,19-,20-,21-,22-/m0/s1. The fourth-order valence-electron chi connectivity index (χ4n) is 7.63. The number of hydrogen-bond acceptors (Lipinski definition) is 1. The third-order valence-corrected chi connectivity index (χ3v) is 9.09. The molecule has 0 bridgehead atoms. The Hall–Kier alpha value is -0.550. The first-order chi connectivity index (χ1) is 11.3. The lowest BCUT2D eigenvalue weighted by molar-refractivity contribution is -0.140. The van der Waals surface area contributed by atoms with Crippen molar-refractivity contribution < 1.29 is 9.50 Å². The second kappa shape index (κ2) is 5.47. The van der Waals surface area contributed by atoms with Gasteiger partial charge in [0.2, 0.25) is 0 Å². The van der Waals surface area contributed by atoms with Crippen LogP contribution in [0.5, 0.6) is 0 Å². The summed E-state index contributed by atoms with van der Waals surface area (Å²) >= 11 is 0. The molecule has 4 aliphatic carbocycles. The van der Waals surface area contributed by atoms with Crippen molar-refractivity contribution in [1.82, 2.24) is 0 Å². The summed E-state index contributed by atoms with van der Waals surface area (Å²) in [6.45, 7) is 6.62. The van der Waals surface area contributed by atoms with Crippen molar-refractivity contribution in [3.8, 4) is 11.8 Å². The smallest absolute Gasteiger partial charge is 0.131 e. The van der Waals surface area contributed by atoms with Gasteiger partial charge in [-0.05, 0) is 93.8 Å². The van der Waals surface area contributed by atoms with Gasteiger partial charge in [0.05, 0.1) is 0 Å². The van der Waals surface area contributed by atoms with Crippen LogP contribution in [-0.2, 0) is 0 Å². The number of rotatable bonds is 0. The van der Waals surface area contributed by atoms with Gasteiger partial charge in [0.1, 0.15) is 11.8 Å². The molecule has 0 spiro atoms. The SMILES string of the molecule is CC#C[C@]1(O)CC[C@H]2[C@@H]3CC[C@H]4CC(F)CC[C@]4(C)[C@H]3CC[C@@]21C. The zero-order valence-corrected chi connectivity index (χ0v) is 15.6. The Labute approximate surface area is 146 Å². The Bertz CT molecular complexity index is 576. The van der Waals surface area contributed by atoms with Crippen molar-refractivity contribution in [2.45, 2.75) is 90.3 Å². The van der Waals surface area contributed by atoms with E-state index >= 15 is 0 Å². The van der Waals surface area contributed by atoms with E-state index < -0.39 is 11.8 Å². The molecule has 0 amide bonds. The van der Waals surface area contributed by atoms with Crippen LogP contribution in [0.15, 0.2) is 0 Å². The number of halogens is 1. The van der Waals surface area contributed by atoms with Crippen molar-refractivity contribution in [3.63, 3.8) is 0 Å². The van der Waals surface area contributed by atoms with Crippen LogP contribution in [0, 0.1) is 46.3 Å². The molecule has 4 rings (SSSR count). The Morgan fingerprint density at radius 2 is 1.71 bits per heavy atom. The summed E-state index contributed by atoms with van der Waals surface area (Å²) in [7, 11) is 0. The Morgan fingerprint density at radius 1 is 0.958 bits per heavy atom. The molecule has 0 heterocycles. The summed E-state index contributed by atoms with van der Waals surface area (Å²) in [6.07, 6.45) is 8.76. The van der Waals surface area contributed by atoms with Crippen LogP contribution < -0.4 is 0 Å². The first-order valence-corrected chi connectivity index (χ1v) is 10.1. The molecule has 0 radical (unpaired) electrons. The molecule has 4 fully saturated rings. The summed E-state index contributed by atoms with van der Waals surface area (Å²) in [6, 6.07) is 0. The van der Waals surface area contributed by atoms with Crippen molar-refractivity contribution >= 4 is 0 Å². The molecule has 0 aromatic heterocycles. The predicted octanol–water partition coefficient (Wildman–Crippen LogP) is 5.12. The summed E-state index contributed by atoms with van der Waals surface area (Å²) < 4.78 is 14.0. The van der Waals surface area contributed by atoms with Gasteiger partial charge in [0.15, 0.2) is 0 Å². The van der Waals surface area contributed by atoms with E-state index in [0.717, 1.165) is 44.4 Å². The summed E-state index contributed by atoms with van der Waals surface area (Å²) in [4.78, 5) is 0. The molecule has 1 nitrogen and oxygen atoms in total. The molecule has 1 unspecified atom stereocenters. The summed E-state index contributed by atoms with van der Waals surface area (Å²) in [5.74, 6) is 8.82. The number of fused-ring (bicyclic) bond motifs is 5. The largest absolute Gasteiger partial charge is 0.377 e. The lowest BCUT2D eigenvalue weighted by Crippen LogP contribution is -2.56. The molecule has 4 saturated carbocycles. The minimum absolute atomic E-state index is 0.0440. The highest BCUT2D eigenvalue weighted by atomic mass is 19.1. The normalized spacial score (nSPS) is 56.5. The number of hydrogen-bond donors (Lipinski definition) is 1. The second-order valence-corrected chi connectivity index (χ2v) is 9.76. The Kier molecular flexibility index (Phi) is 3.85. The van der Waals surface area contributed by atoms with Gasteiger partial charge >= 0.3 is 0 Å². The van der Waals surface area contributed by atoms with E-state index in [-0.39, 0.29) is 5.41 Å². The monoisotopic (exact) mass is 332 g/mol. The third kappa shape index (κ3) is 2.09. The molecule has 0 saturated heterocycles. The number of alkyl halides is 1. The minimum atomic E-state index is -0.786. The Balaban J connectivity index is 1.64. The van der Waals surface area contributed by atoms with E-state index in [9.17, 15) is 9.50 Å². The predicted molar refractivity (Wildman–Crippen MR) is 95.0 cm³/mol. The zero-order valence-electron chi connectivity index (χ0n) is 15.6. The molecule has 134 valence electrons. The third-order valence-electron chi connectivity index (χ3n) is 9.09. The van der Waals surface area contributed by atoms with Gasteiger partial charge in [-0.2, -0.15) is 0 Å². The molecular weight excluding hydrogens is 299 g/mol. The second-order valence-electron chi connectivity index (χ2n) is 9.76.